The van der Waals surface area contributed by atoms with Gasteiger partial charge < -0.3 is 4.74 Å². The highest BCUT2D eigenvalue weighted by molar-refractivity contribution is 9.10. The maximum atomic E-state index is 5.60. The molecule has 2 unspecified atom stereocenters. The quantitative estimate of drug-likeness (QED) is 0.784. The average Bonchev–Trinajstić information content (AvgIpc) is 2.38. The van der Waals surface area contributed by atoms with E-state index in [1.54, 1.807) is 0 Å². The molecule has 1 saturated heterocycles. The second-order valence-electron chi connectivity index (χ2n) is 4.98. The van der Waals surface area contributed by atoms with E-state index in [-0.39, 0.29) is 0 Å². The Morgan fingerprint density at radius 3 is 3.00 bits per heavy atom. The van der Waals surface area contributed by atoms with E-state index < -0.39 is 0 Å². The summed E-state index contributed by atoms with van der Waals surface area (Å²) in [6.07, 6.45) is 2.51. The van der Waals surface area contributed by atoms with Crippen molar-refractivity contribution in [3.05, 3.63) is 40.5 Å². The van der Waals surface area contributed by atoms with Gasteiger partial charge in [-0.1, -0.05) is 22.0 Å². The van der Waals surface area contributed by atoms with Gasteiger partial charge in [-0.05, 0) is 44.0 Å². The fourth-order valence-electron chi connectivity index (χ4n) is 2.61. The minimum atomic E-state index is 0.353. The van der Waals surface area contributed by atoms with E-state index in [1.165, 1.54) is 11.1 Å². The van der Waals surface area contributed by atoms with Crippen LogP contribution in [0, 0.1) is 0 Å². The summed E-state index contributed by atoms with van der Waals surface area (Å²) >= 11 is 3.49. The Hall–Kier alpha value is -0.930. The molecule has 0 spiro atoms. The van der Waals surface area contributed by atoms with E-state index in [4.69, 9.17) is 9.72 Å². The molecular formula is C15H16BrNO. The van der Waals surface area contributed by atoms with Crippen LogP contribution >= 0.6 is 15.9 Å². The summed E-state index contributed by atoms with van der Waals surface area (Å²) in [6.45, 7) is 3.00. The number of fused-ring (bicyclic) bond motifs is 1. The lowest BCUT2D eigenvalue weighted by Gasteiger charge is -2.26. The predicted octanol–water partition coefficient (Wildman–Crippen LogP) is 4.28. The van der Waals surface area contributed by atoms with Gasteiger partial charge in [-0.2, -0.15) is 0 Å². The van der Waals surface area contributed by atoms with Gasteiger partial charge in [0.1, 0.15) is 0 Å². The fourth-order valence-corrected chi connectivity index (χ4v) is 2.99. The SMILES string of the molecule is CC1CC(c2ccc3cc(Br)ccc3n2)CCO1. The Kier molecular flexibility index (Phi) is 3.35. The third-order valence-electron chi connectivity index (χ3n) is 3.58. The summed E-state index contributed by atoms with van der Waals surface area (Å²) in [6, 6.07) is 10.6. The molecule has 2 atom stereocenters. The number of nitrogens with zero attached hydrogens (tertiary/aromatic N) is 1. The van der Waals surface area contributed by atoms with Gasteiger partial charge in [0.15, 0.2) is 0 Å². The zero-order valence-corrected chi connectivity index (χ0v) is 12.0. The Labute approximate surface area is 115 Å². The number of pyridine rings is 1. The van der Waals surface area contributed by atoms with Crippen LogP contribution in [0.25, 0.3) is 10.9 Å². The Balaban J connectivity index is 1.95. The van der Waals surface area contributed by atoms with E-state index >= 15 is 0 Å². The minimum absolute atomic E-state index is 0.353. The summed E-state index contributed by atoms with van der Waals surface area (Å²) in [5, 5.41) is 1.19. The topological polar surface area (TPSA) is 22.1 Å². The summed E-state index contributed by atoms with van der Waals surface area (Å²) in [4.78, 5) is 4.80. The van der Waals surface area contributed by atoms with Crippen molar-refractivity contribution in [2.24, 2.45) is 0 Å². The molecule has 1 aliphatic rings. The first-order valence-electron chi connectivity index (χ1n) is 6.40. The van der Waals surface area contributed by atoms with E-state index in [1.807, 2.05) is 6.07 Å². The number of hydrogen-bond acceptors (Lipinski definition) is 2. The number of benzene rings is 1. The second kappa shape index (κ2) is 4.98. The molecule has 0 bridgehead atoms. The zero-order chi connectivity index (χ0) is 12.5. The number of aromatic nitrogens is 1. The number of rotatable bonds is 1. The summed E-state index contributed by atoms with van der Waals surface area (Å²) in [5.41, 5.74) is 2.29. The van der Waals surface area contributed by atoms with Crippen molar-refractivity contribution < 1.29 is 4.74 Å². The van der Waals surface area contributed by atoms with Crippen molar-refractivity contribution in [3.63, 3.8) is 0 Å². The molecule has 0 aliphatic carbocycles. The van der Waals surface area contributed by atoms with Crippen molar-refractivity contribution in [1.29, 1.82) is 0 Å². The molecule has 2 aromatic rings. The molecule has 3 heteroatoms. The average molecular weight is 306 g/mol. The molecule has 2 heterocycles. The molecule has 1 fully saturated rings. The molecule has 0 amide bonds. The van der Waals surface area contributed by atoms with Gasteiger partial charge in [0.2, 0.25) is 0 Å². The highest BCUT2D eigenvalue weighted by Gasteiger charge is 2.21. The standard InChI is InChI=1S/C15H16BrNO/c1-10-8-12(6-7-18-10)14-4-2-11-9-13(16)3-5-15(11)17-14/h2-5,9-10,12H,6-8H2,1H3. The van der Waals surface area contributed by atoms with Crippen LogP contribution in [0.15, 0.2) is 34.8 Å². The van der Waals surface area contributed by atoms with E-state index in [9.17, 15) is 0 Å². The molecule has 18 heavy (non-hydrogen) atoms. The van der Waals surface area contributed by atoms with E-state index in [0.717, 1.165) is 29.4 Å². The third-order valence-corrected chi connectivity index (χ3v) is 4.07. The Bertz CT molecular complexity index is 569. The van der Waals surface area contributed by atoms with Crippen molar-refractivity contribution in [2.45, 2.75) is 31.8 Å². The van der Waals surface area contributed by atoms with Crippen LogP contribution in [-0.2, 0) is 4.74 Å². The van der Waals surface area contributed by atoms with E-state index in [0.29, 0.717) is 12.0 Å². The van der Waals surface area contributed by atoms with E-state index in [2.05, 4.69) is 47.1 Å². The molecular weight excluding hydrogens is 290 g/mol. The van der Waals surface area contributed by atoms with Crippen LogP contribution in [0.3, 0.4) is 0 Å². The first-order chi connectivity index (χ1) is 8.72. The smallest absolute Gasteiger partial charge is 0.0706 e. The lowest BCUT2D eigenvalue weighted by Crippen LogP contribution is -2.22. The van der Waals surface area contributed by atoms with Gasteiger partial charge in [0.05, 0.1) is 11.6 Å². The molecule has 1 aliphatic heterocycles. The maximum absolute atomic E-state index is 5.60. The predicted molar refractivity (Wildman–Crippen MR) is 76.8 cm³/mol. The van der Waals surface area contributed by atoms with Crippen molar-refractivity contribution >= 4 is 26.8 Å². The van der Waals surface area contributed by atoms with Gasteiger partial charge in [0.25, 0.3) is 0 Å². The lowest BCUT2D eigenvalue weighted by atomic mass is 9.92. The minimum Gasteiger partial charge on any atom is -0.378 e. The zero-order valence-electron chi connectivity index (χ0n) is 10.4. The molecule has 1 aromatic carbocycles. The summed E-state index contributed by atoms with van der Waals surface area (Å²) < 4.78 is 6.70. The van der Waals surface area contributed by atoms with Gasteiger partial charge in [-0.3, -0.25) is 4.98 Å². The molecule has 2 nitrogen and oxygen atoms in total. The lowest BCUT2D eigenvalue weighted by molar-refractivity contribution is 0.0180. The van der Waals surface area contributed by atoms with Crippen molar-refractivity contribution in [3.8, 4) is 0 Å². The molecule has 94 valence electrons. The number of hydrogen-bond donors (Lipinski definition) is 0. The number of ether oxygens (including phenoxy) is 1. The summed E-state index contributed by atoms with van der Waals surface area (Å²) in [7, 11) is 0. The highest BCUT2D eigenvalue weighted by atomic mass is 79.9. The molecule has 0 N–H and O–H groups in total. The van der Waals surface area contributed by atoms with Crippen LogP contribution in [0.2, 0.25) is 0 Å². The van der Waals surface area contributed by atoms with Gasteiger partial charge in [-0.25, -0.2) is 0 Å². The first kappa shape index (κ1) is 12.1. The third kappa shape index (κ3) is 2.43. The molecule has 0 radical (unpaired) electrons. The molecule has 0 saturated carbocycles. The van der Waals surface area contributed by atoms with Crippen LogP contribution in [0.4, 0.5) is 0 Å². The van der Waals surface area contributed by atoms with Gasteiger partial charge in [-0.15, -0.1) is 0 Å². The van der Waals surface area contributed by atoms with Crippen molar-refractivity contribution in [2.75, 3.05) is 6.61 Å². The van der Waals surface area contributed by atoms with Crippen LogP contribution in [0.5, 0.6) is 0 Å². The Morgan fingerprint density at radius 2 is 2.17 bits per heavy atom. The monoisotopic (exact) mass is 305 g/mol. The van der Waals surface area contributed by atoms with Crippen LogP contribution < -0.4 is 0 Å². The fraction of sp³-hybridized carbons (Fsp3) is 0.400. The molecule has 3 rings (SSSR count). The van der Waals surface area contributed by atoms with Gasteiger partial charge >= 0.3 is 0 Å². The van der Waals surface area contributed by atoms with Crippen LogP contribution in [0.1, 0.15) is 31.4 Å². The normalized spacial score (nSPS) is 24.3. The first-order valence-corrected chi connectivity index (χ1v) is 7.19. The highest BCUT2D eigenvalue weighted by Crippen LogP contribution is 2.30. The van der Waals surface area contributed by atoms with Crippen molar-refractivity contribution in [1.82, 2.24) is 4.98 Å². The largest absolute Gasteiger partial charge is 0.378 e. The van der Waals surface area contributed by atoms with Crippen LogP contribution in [-0.4, -0.2) is 17.7 Å². The molecule has 1 aromatic heterocycles. The number of halogens is 1. The summed E-state index contributed by atoms with van der Waals surface area (Å²) in [5.74, 6) is 0.543. The maximum Gasteiger partial charge on any atom is 0.0706 e. The van der Waals surface area contributed by atoms with Gasteiger partial charge in [0, 0.05) is 28.1 Å². The second-order valence-corrected chi connectivity index (χ2v) is 5.89. The Morgan fingerprint density at radius 1 is 1.28 bits per heavy atom.